The number of Topliss-reactive ketones (excluding diaryl/α,β-unsaturated/α-hetero) is 1. The molecule has 0 radical (unpaired) electrons. The average Bonchev–Trinajstić information content (AvgIpc) is 2.36. The van der Waals surface area contributed by atoms with Gasteiger partial charge in [0.1, 0.15) is 0 Å². The Morgan fingerprint density at radius 1 is 1.41 bits per heavy atom. The normalized spacial score (nSPS) is 11.8. The standard InChI is InChI=1S/C11H15NO4S/c1-4-11(13)9-6-5-7-10(8-9)17(14,15)12(2)16-3/h5-8H,4H2,1-3H3. The lowest BCUT2D eigenvalue weighted by Crippen LogP contribution is -2.25. The van der Waals surface area contributed by atoms with Crippen LogP contribution in [-0.4, -0.2) is 32.8 Å². The lowest BCUT2D eigenvalue weighted by molar-refractivity contribution is -0.0258. The first kappa shape index (κ1) is 13.8. The second-order valence-electron chi connectivity index (χ2n) is 3.40. The number of hydrogen-bond donors (Lipinski definition) is 0. The maximum atomic E-state index is 11.9. The minimum atomic E-state index is -3.69. The van der Waals surface area contributed by atoms with Gasteiger partial charge in [-0.1, -0.05) is 23.5 Å². The molecule has 1 rings (SSSR count). The molecule has 0 aliphatic carbocycles. The molecule has 0 unspecified atom stereocenters. The van der Waals surface area contributed by atoms with Gasteiger partial charge in [0.2, 0.25) is 0 Å². The highest BCUT2D eigenvalue weighted by Crippen LogP contribution is 2.16. The van der Waals surface area contributed by atoms with E-state index in [-0.39, 0.29) is 10.7 Å². The van der Waals surface area contributed by atoms with E-state index in [1.54, 1.807) is 19.1 Å². The highest BCUT2D eigenvalue weighted by atomic mass is 32.2. The fourth-order valence-electron chi connectivity index (χ4n) is 1.28. The van der Waals surface area contributed by atoms with E-state index >= 15 is 0 Å². The molecule has 0 amide bonds. The van der Waals surface area contributed by atoms with E-state index in [9.17, 15) is 13.2 Å². The molecule has 0 saturated heterocycles. The highest BCUT2D eigenvalue weighted by molar-refractivity contribution is 7.89. The minimum Gasteiger partial charge on any atom is -0.294 e. The molecule has 0 aliphatic heterocycles. The van der Waals surface area contributed by atoms with Crippen LogP contribution in [0.15, 0.2) is 29.2 Å². The molecule has 0 aromatic heterocycles. The van der Waals surface area contributed by atoms with E-state index in [0.717, 1.165) is 4.47 Å². The molecule has 1 aromatic carbocycles. The number of ketones is 1. The van der Waals surface area contributed by atoms with Gasteiger partial charge in [-0.15, -0.1) is 0 Å². The maximum Gasteiger partial charge on any atom is 0.264 e. The van der Waals surface area contributed by atoms with Gasteiger partial charge in [0.15, 0.2) is 5.78 Å². The summed E-state index contributed by atoms with van der Waals surface area (Å²) < 4.78 is 24.6. The number of hydrogen-bond acceptors (Lipinski definition) is 4. The summed E-state index contributed by atoms with van der Waals surface area (Å²) in [5, 5.41) is 0. The highest BCUT2D eigenvalue weighted by Gasteiger charge is 2.21. The van der Waals surface area contributed by atoms with Gasteiger partial charge in [0.05, 0.1) is 12.0 Å². The van der Waals surface area contributed by atoms with Crippen LogP contribution in [0.1, 0.15) is 23.7 Å². The number of nitrogens with zero attached hydrogens (tertiary/aromatic N) is 1. The zero-order valence-corrected chi connectivity index (χ0v) is 10.8. The first-order valence-corrected chi connectivity index (χ1v) is 6.53. The van der Waals surface area contributed by atoms with Crippen LogP contribution < -0.4 is 0 Å². The lowest BCUT2D eigenvalue weighted by Gasteiger charge is -2.14. The van der Waals surface area contributed by atoms with Gasteiger partial charge in [-0.25, -0.2) is 8.42 Å². The van der Waals surface area contributed by atoms with Crippen molar-refractivity contribution in [3.8, 4) is 0 Å². The SMILES string of the molecule is CCC(=O)c1cccc(S(=O)(=O)N(C)OC)c1. The predicted octanol–water partition coefficient (Wildman–Crippen LogP) is 1.46. The summed E-state index contributed by atoms with van der Waals surface area (Å²) >= 11 is 0. The van der Waals surface area contributed by atoms with Crippen molar-refractivity contribution < 1.29 is 18.0 Å². The first-order chi connectivity index (χ1) is 7.93. The van der Waals surface area contributed by atoms with Crippen molar-refractivity contribution in [2.75, 3.05) is 14.2 Å². The summed E-state index contributed by atoms with van der Waals surface area (Å²) in [5.74, 6) is -0.0953. The van der Waals surface area contributed by atoms with Crippen LogP contribution >= 0.6 is 0 Å². The number of sulfonamides is 1. The van der Waals surface area contributed by atoms with Crippen LogP contribution in [0.25, 0.3) is 0 Å². The Labute approximate surface area is 101 Å². The van der Waals surface area contributed by atoms with Crippen molar-refractivity contribution in [3.63, 3.8) is 0 Å². The van der Waals surface area contributed by atoms with Gasteiger partial charge in [0.25, 0.3) is 10.0 Å². The van der Waals surface area contributed by atoms with Crippen LogP contribution in [0.2, 0.25) is 0 Å². The Balaban J connectivity index is 3.21. The number of rotatable bonds is 5. The van der Waals surface area contributed by atoms with Crippen LogP contribution in [0.4, 0.5) is 0 Å². The zero-order chi connectivity index (χ0) is 13.1. The molecule has 94 valence electrons. The number of carbonyl (C=O) groups excluding carboxylic acids is 1. The van der Waals surface area contributed by atoms with Gasteiger partial charge < -0.3 is 0 Å². The molecule has 6 heteroatoms. The Morgan fingerprint density at radius 2 is 2.06 bits per heavy atom. The molecule has 0 spiro atoms. The lowest BCUT2D eigenvalue weighted by atomic mass is 10.1. The topological polar surface area (TPSA) is 63.7 Å². The van der Waals surface area contributed by atoms with Crippen LogP contribution in [0, 0.1) is 0 Å². The number of carbonyl (C=O) groups is 1. The molecule has 17 heavy (non-hydrogen) atoms. The second kappa shape index (κ2) is 5.39. The molecule has 1 aromatic rings. The van der Waals surface area contributed by atoms with Crippen LogP contribution in [-0.2, 0) is 14.9 Å². The van der Waals surface area contributed by atoms with Crippen molar-refractivity contribution >= 4 is 15.8 Å². The number of hydroxylamine groups is 1. The van der Waals surface area contributed by atoms with E-state index in [4.69, 9.17) is 0 Å². The summed E-state index contributed by atoms with van der Waals surface area (Å²) in [7, 11) is -1.14. The van der Waals surface area contributed by atoms with Crippen molar-refractivity contribution in [2.24, 2.45) is 0 Å². The third kappa shape index (κ3) is 2.91. The van der Waals surface area contributed by atoms with Gasteiger partial charge >= 0.3 is 0 Å². The van der Waals surface area contributed by atoms with Crippen LogP contribution in [0.3, 0.4) is 0 Å². The predicted molar refractivity (Wildman–Crippen MR) is 63.0 cm³/mol. The Kier molecular flexibility index (Phi) is 4.39. The van der Waals surface area contributed by atoms with Crippen molar-refractivity contribution in [3.05, 3.63) is 29.8 Å². The Hall–Kier alpha value is -1.24. The van der Waals surface area contributed by atoms with E-state index < -0.39 is 10.0 Å². The molecule has 5 nitrogen and oxygen atoms in total. The monoisotopic (exact) mass is 257 g/mol. The average molecular weight is 257 g/mol. The molecular weight excluding hydrogens is 242 g/mol. The molecule has 0 heterocycles. The fraction of sp³-hybridized carbons (Fsp3) is 0.364. The fourth-order valence-corrected chi connectivity index (χ4v) is 2.30. The molecule has 0 atom stereocenters. The zero-order valence-electron chi connectivity index (χ0n) is 10.0. The molecule has 0 fully saturated rings. The van der Waals surface area contributed by atoms with Gasteiger partial charge in [-0.3, -0.25) is 9.63 Å². The van der Waals surface area contributed by atoms with E-state index in [0.29, 0.717) is 12.0 Å². The number of benzene rings is 1. The van der Waals surface area contributed by atoms with Gasteiger partial charge in [-0.2, -0.15) is 0 Å². The summed E-state index contributed by atoms with van der Waals surface area (Å²) in [6.45, 7) is 1.73. The largest absolute Gasteiger partial charge is 0.294 e. The molecule has 0 saturated carbocycles. The minimum absolute atomic E-state index is 0.0427. The van der Waals surface area contributed by atoms with Crippen molar-refractivity contribution in [1.29, 1.82) is 0 Å². The van der Waals surface area contributed by atoms with Crippen LogP contribution in [0.5, 0.6) is 0 Å². The molecule has 0 aliphatic rings. The van der Waals surface area contributed by atoms with Crippen molar-refractivity contribution in [1.82, 2.24) is 4.47 Å². The first-order valence-electron chi connectivity index (χ1n) is 5.09. The smallest absolute Gasteiger partial charge is 0.264 e. The van der Waals surface area contributed by atoms with E-state index in [1.165, 1.54) is 26.3 Å². The maximum absolute atomic E-state index is 11.9. The second-order valence-corrected chi connectivity index (χ2v) is 5.34. The van der Waals surface area contributed by atoms with E-state index in [2.05, 4.69) is 4.84 Å². The van der Waals surface area contributed by atoms with Crippen molar-refractivity contribution in [2.45, 2.75) is 18.2 Å². The third-order valence-electron chi connectivity index (χ3n) is 2.37. The van der Waals surface area contributed by atoms with E-state index in [1.807, 2.05) is 0 Å². The molecule has 0 bridgehead atoms. The summed E-state index contributed by atoms with van der Waals surface area (Å²) in [5.41, 5.74) is 0.387. The summed E-state index contributed by atoms with van der Waals surface area (Å²) in [4.78, 5) is 16.2. The Morgan fingerprint density at radius 3 is 2.59 bits per heavy atom. The molecular formula is C11H15NO4S. The summed E-state index contributed by atoms with van der Waals surface area (Å²) in [6, 6.07) is 5.92. The van der Waals surface area contributed by atoms with Gasteiger partial charge in [-0.05, 0) is 12.1 Å². The Bertz CT molecular complexity index is 510. The third-order valence-corrected chi connectivity index (χ3v) is 4.05. The van der Waals surface area contributed by atoms with Gasteiger partial charge in [0, 0.05) is 19.0 Å². The molecule has 0 N–H and O–H groups in total. The summed E-state index contributed by atoms with van der Waals surface area (Å²) in [6.07, 6.45) is 0.337. The quantitative estimate of drug-likeness (QED) is 0.592.